The number of fused-ring (bicyclic) bond motifs is 1. The standard InChI is InChI=1S/C26H23FN4O3/c1-5-25(33)30(4)21-8-6-7-18(11-21)20-12-22-23(19-9-10-28-24(27)13-19)15-31(26(22)29-14-20)16(2)34-17(3)32/h5-16H,1H2,2-4H3. The molecule has 1 atom stereocenters. The molecule has 1 aromatic carbocycles. The number of benzene rings is 1. The molecule has 4 aromatic rings. The van der Waals surface area contributed by atoms with Crippen molar-refractivity contribution in [2.24, 2.45) is 0 Å². The van der Waals surface area contributed by atoms with Crippen LogP contribution in [0, 0.1) is 5.95 Å². The molecule has 0 saturated heterocycles. The monoisotopic (exact) mass is 458 g/mol. The molecule has 3 aromatic heterocycles. The van der Waals surface area contributed by atoms with Crippen molar-refractivity contribution in [2.75, 3.05) is 11.9 Å². The van der Waals surface area contributed by atoms with E-state index >= 15 is 0 Å². The van der Waals surface area contributed by atoms with Gasteiger partial charge in [0, 0.05) is 60.8 Å². The number of aromatic nitrogens is 3. The minimum atomic E-state index is -0.610. The molecule has 0 aliphatic heterocycles. The molecule has 0 N–H and O–H groups in total. The number of ether oxygens (including phenoxy) is 1. The third-order valence-electron chi connectivity index (χ3n) is 5.51. The Labute approximate surface area is 196 Å². The summed E-state index contributed by atoms with van der Waals surface area (Å²) in [4.78, 5) is 33.4. The normalized spacial score (nSPS) is 11.8. The fourth-order valence-corrected chi connectivity index (χ4v) is 3.82. The van der Waals surface area contributed by atoms with Crippen LogP contribution in [0.1, 0.15) is 20.1 Å². The highest BCUT2D eigenvalue weighted by Gasteiger charge is 2.19. The lowest BCUT2D eigenvalue weighted by Gasteiger charge is -2.16. The number of amides is 1. The van der Waals surface area contributed by atoms with E-state index in [9.17, 15) is 14.0 Å². The van der Waals surface area contributed by atoms with E-state index in [0.29, 0.717) is 16.9 Å². The zero-order chi connectivity index (χ0) is 24.4. The van der Waals surface area contributed by atoms with E-state index in [4.69, 9.17) is 4.74 Å². The van der Waals surface area contributed by atoms with Crippen molar-refractivity contribution in [3.8, 4) is 22.3 Å². The number of carbonyl (C=O) groups is 2. The van der Waals surface area contributed by atoms with Crippen molar-refractivity contribution >= 4 is 28.6 Å². The lowest BCUT2D eigenvalue weighted by atomic mass is 10.0. The van der Waals surface area contributed by atoms with Crippen molar-refractivity contribution < 1.29 is 18.7 Å². The Hall–Kier alpha value is -4.33. The van der Waals surface area contributed by atoms with Crippen LogP contribution in [0.25, 0.3) is 33.3 Å². The maximum absolute atomic E-state index is 13.9. The number of halogens is 1. The predicted octanol–water partition coefficient (Wildman–Crippen LogP) is 5.13. The maximum atomic E-state index is 13.9. The van der Waals surface area contributed by atoms with E-state index in [1.54, 1.807) is 37.0 Å². The second-order valence-electron chi connectivity index (χ2n) is 7.77. The lowest BCUT2D eigenvalue weighted by Crippen LogP contribution is -2.23. The van der Waals surface area contributed by atoms with Crippen LogP contribution in [-0.2, 0) is 14.3 Å². The van der Waals surface area contributed by atoms with Crippen LogP contribution < -0.4 is 4.90 Å². The highest BCUT2D eigenvalue weighted by atomic mass is 19.1. The van der Waals surface area contributed by atoms with Gasteiger partial charge in [0.25, 0.3) is 0 Å². The van der Waals surface area contributed by atoms with Gasteiger partial charge in [-0.05, 0) is 48.4 Å². The zero-order valence-corrected chi connectivity index (χ0v) is 19.0. The minimum Gasteiger partial charge on any atom is -0.442 e. The van der Waals surface area contributed by atoms with Gasteiger partial charge in [0.05, 0.1) is 0 Å². The van der Waals surface area contributed by atoms with Gasteiger partial charge in [0.15, 0.2) is 6.23 Å². The highest BCUT2D eigenvalue weighted by Crippen LogP contribution is 2.35. The minimum absolute atomic E-state index is 0.218. The molecule has 1 unspecified atom stereocenters. The number of anilines is 1. The Morgan fingerprint density at radius 3 is 2.65 bits per heavy atom. The number of likely N-dealkylation sites (N-methyl/N-ethyl adjacent to an activating group) is 1. The van der Waals surface area contributed by atoms with Crippen LogP contribution in [0.3, 0.4) is 0 Å². The first kappa shape index (κ1) is 22.8. The summed E-state index contributed by atoms with van der Waals surface area (Å²) in [6, 6.07) is 12.5. The predicted molar refractivity (Wildman–Crippen MR) is 128 cm³/mol. The molecule has 0 saturated carbocycles. The van der Waals surface area contributed by atoms with Crippen LogP contribution in [0.4, 0.5) is 10.1 Å². The molecule has 0 radical (unpaired) electrons. The summed E-state index contributed by atoms with van der Waals surface area (Å²) in [6.45, 7) is 6.62. The van der Waals surface area contributed by atoms with Gasteiger partial charge in [-0.3, -0.25) is 14.2 Å². The fraction of sp³-hybridized carbons (Fsp3) is 0.154. The molecule has 8 heteroatoms. The average Bonchev–Trinajstić information content (AvgIpc) is 3.22. The average molecular weight is 458 g/mol. The topological polar surface area (TPSA) is 77.3 Å². The molecule has 0 aliphatic rings. The molecule has 4 rings (SSSR count). The third kappa shape index (κ3) is 4.43. The number of rotatable bonds is 6. The zero-order valence-electron chi connectivity index (χ0n) is 19.0. The number of carbonyl (C=O) groups excluding carboxylic acids is 2. The van der Waals surface area contributed by atoms with Gasteiger partial charge in [-0.1, -0.05) is 18.7 Å². The van der Waals surface area contributed by atoms with Crippen LogP contribution in [0.2, 0.25) is 0 Å². The maximum Gasteiger partial charge on any atom is 0.304 e. The Bertz CT molecular complexity index is 1410. The first-order valence-corrected chi connectivity index (χ1v) is 10.6. The summed E-state index contributed by atoms with van der Waals surface area (Å²) in [6.07, 6.45) is 5.55. The van der Waals surface area contributed by atoms with Gasteiger partial charge >= 0.3 is 5.97 Å². The Balaban J connectivity index is 1.87. The van der Waals surface area contributed by atoms with E-state index in [1.807, 2.05) is 30.3 Å². The summed E-state index contributed by atoms with van der Waals surface area (Å²) in [5.41, 5.74) is 4.29. The van der Waals surface area contributed by atoms with E-state index in [0.717, 1.165) is 22.1 Å². The number of esters is 1. The van der Waals surface area contributed by atoms with Crippen molar-refractivity contribution in [3.63, 3.8) is 0 Å². The van der Waals surface area contributed by atoms with E-state index < -0.39 is 18.1 Å². The van der Waals surface area contributed by atoms with E-state index in [-0.39, 0.29) is 5.91 Å². The van der Waals surface area contributed by atoms with Gasteiger partial charge in [-0.15, -0.1) is 0 Å². The number of pyridine rings is 2. The van der Waals surface area contributed by atoms with Crippen molar-refractivity contribution in [3.05, 3.63) is 79.7 Å². The van der Waals surface area contributed by atoms with Gasteiger partial charge in [0.1, 0.15) is 5.65 Å². The number of hydrogen-bond donors (Lipinski definition) is 0. The van der Waals surface area contributed by atoms with Gasteiger partial charge < -0.3 is 9.64 Å². The van der Waals surface area contributed by atoms with Crippen molar-refractivity contribution in [2.45, 2.75) is 20.1 Å². The van der Waals surface area contributed by atoms with E-state index in [2.05, 4.69) is 16.5 Å². The van der Waals surface area contributed by atoms with Gasteiger partial charge in [-0.25, -0.2) is 9.97 Å². The summed E-state index contributed by atoms with van der Waals surface area (Å²) in [7, 11) is 1.68. The fourth-order valence-electron chi connectivity index (χ4n) is 3.82. The molecular formula is C26H23FN4O3. The van der Waals surface area contributed by atoms with Gasteiger partial charge in [0.2, 0.25) is 11.9 Å². The van der Waals surface area contributed by atoms with Crippen LogP contribution >= 0.6 is 0 Å². The molecule has 34 heavy (non-hydrogen) atoms. The molecule has 3 heterocycles. The molecule has 0 fully saturated rings. The Kier molecular flexibility index (Phi) is 6.23. The van der Waals surface area contributed by atoms with Gasteiger partial charge in [-0.2, -0.15) is 4.39 Å². The molecule has 0 aliphatic carbocycles. The second kappa shape index (κ2) is 9.27. The largest absolute Gasteiger partial charge is 0.442 e. The second-order valence-corrected chi connectivity index (χ2v) is 7.77. The summed E-state index contributed by atoms with van der Waals surface area (Å²) >= 11 is 0. The number of hydrogen-bond acceptors (Lipinski definition) is 5. The van der Waals surface area contributed by atoms with Crippen LogP contribution in [-0.4, -0.2) is 33.5 Å². The summed E-state index contributed by atoms with van der Waals surface area (Å²) in [5.74, 6) is -1.24. The van der Waals surface area contributed by atoms with Crippen LogP contribution in [0.15, 0.2) is 73.7 Å². The summed E-state index contributed by atoms with van der Waals surface area (Å²) in [5, 5.41) is 0.753. The van der Waals surface area contributed by atoms with Crippen LogP contribution in [0.5, 0.6) is 0 Å². The smallest absolute Gasteiger partial charge is 0.304 e. The van der Waals surface area contributed by atoms with Crippen molar-refractivity contribution in [1.82, 2.24) is 14.5 Å². The third-order valence-corrected chi connectivity index (χ3v) is 5.51. The molecule has 0 spiro atoms. The Morgan fingerprint density at radius 2 is 1.94 bits per heavy atom. The molecule has 0 bridgehead atoms. The molecule has 172 valence electrons. The van der Waals surface area contributed by atoms with Crippen molar-refractivity contribution in [1.29, 1.82) is 0 Å². The first-order chi connectivity index (χ1) is 16.3. The highest BCUT2D eigenvalue weighted by molar-refractivity contribution is 6.01. The molecule has 7 nitrogen and oxygen atoms in total. The summed E-state index contributed by atoms with van der Waals surface area (Å²) < 4.78 is 21.0. The lowest BCUT2D eigenvalue weighted by molar-refractivity contribution is -0.149. The molecular weight excluding hydrogens is 435 g/mol. The Morgan fingerprint density at radius 1 is 1.15 bits per heavy atom. The SMILES string of the molecule is C=CC(=O)N(C)c1cccc(-c2cnc3c(c2)c(-c2ccnc(F)c2)cn3C(C)OC(C)=O)c1. The quantitative estimate of drug-likeness (QED) is 0.227. The molecule has 1 amide bonds. The van der Waals surface area contributed by atoms with E-state index in [1.165, 1.54) is 30.2 Å². The first-order valence-electron chi connectivity index (χ1n) is 10.6. The number of nitrogens with zero attached hydrogens (tertiary/aromatic N) is 4.